The third-order valence-electron chi connectivity index (χ3n) is 2.61. The van der Waals surface area contributed by atoms with E-state index >= 15 is 0 Å². The van der Waals surface area contributed by atoms with Gasteiger partial charge in [0.1, 0.15) is 17.1 Å². The quantitative estimate of drug-likeness (QED) is 0.812. The summed E-state index contributed by atoms with van der Waals surface area (Å²) in [5.74, 6) is -0.579. The molecule has 17 heavy (non-hydrogen) atoms. The Morgan fingerprint density at radius 2 is 2.00 bits per heavy atom. The highest BCUT2D eigenvalue weighted by Crippen LogP contribution is 2.24. The van der Waals surface area contributed by atoms with Gasteiger partial charge in [-0.25, -0.2) is 4.79 Å². The monoisotopic (exact) mass is 236 g/mol. The summed E-state index contributed by atoms with van der Waals surface area (Å²) in [5.41, 5.74) is 1.87. The number of aromatic hydroxyl groups is 1. The summed E-state index contributed by atoms with van der Waals surface area (Å²) in [5, 5.41) is 9.63. The molecule has 1 N–H and O–H groups in total. The number of rotatable bonds is 4. The Balaban J connectivity index is 3.05. The van der Waals surface area contributed by atoms with E-state index in [9.17, 15) is 14.7 Å². The SMILES string of the molecule is COC(=O)c1cc(CCC(C)=O)c(C)cc1O. The summed E-state index contributed by atoms with van der Waals surface area (Å²) >= 11 is 0. The van der Waals surface area contributed by atoms with E-state index in [1.807, 2.05) is 6.92 Å². The molecule has 0 saturated carbocycles. The largest absolute Gasteiger partial charge is 0.507 e. The van der Waals surface area contributed by atoms with E-state index in [1.54, 1.807) is 6.07 Å². The molecule has 1 aromatic carbocycles. The number of ether oxygens (including phenoxy) is 1. The van der Waals surface area contributed by atoms with Crippen molar-refractivity contribution in [1.82, 2.24) is 0 Å². The molecule has 1 aromatic rings. The second-order valence-corrected chi connectivity index (χ2v) is 3.99. The maximum absolute atomic E-state index is 11.4. The number of aryl methyl sites for hydroxylation is 2. The first-order chi connectivity index (χ1) is 7.95. The van der Waals surface area contributed by atoms with Crippen molar-refractivity contribution in [2.75, 3.05) is 7.11 Å². The fourth-order valence-corrected chi connectivity index (χ4v) is 1.59. The van der Waals surface area contributed by atoms with Crippen LogP contribution in [0.15, 0.2) is 12.1 Å². The predicted octanol–water partition coefficient (Wildman–Crippen LogP) is 2.01. The van der Waals surface area contributed by atoms with Crippen molar-refractivity contribution in [2.45, 2.75) is 26.7 Å². The minimum Gasteiger partial charge on any atom is -0.507 e. The molecule has 0 aliphatic rings. The molecule has 0 amide bonds. The minimum atomic E-state index is -0.577. The molecule has 4 heteroatoms. The van der Waals surface area contributed by atoms with Crippen molar-refractivity contribution in [3.63, 3.8) is 0 Å². The van der Waals surface area contributed by atoms with Gasteiger partial charge in [0, 0.05) is 6.42 Å². The first kappa shape index (κ1) is 13.2. The smallest absolute Gasteiger partial charge is 0.341 e. The van der Waals surface area contributed by atoms with Gasteiger partial charge < -0.3 is 14.6 Å². The highest BCUT2D eigenvalue weighted by molar-refractivity contribution is 5.92. The molecule has 0 aliphatic carbocycles. The van der Waals surface area contributed by atoms with Crippen LogP contribution in [0.2, 0.25) is 0 Å². The molecule has 0 unspecified atom stereocenters. The second kappa shape index (κ2) is 5.48. The van der Waals surface area contributed by atoms with Gasteiger partial charge in [0.25, 0.3) is 0 Å². The lowest BCUT2D eigenvalue weighted by Gasteiger charge is -2.09. The zero-order valence-electron chi connectivity index (χ0n) is 10.2. The standard InChI is InChI=1S/C13H16O4/c1-8-6-12(15)11(13(16)17-3)7-10(8)5-4-9(2)14/h6-7,15H,4-5H2,1-3H3. The zero-order chi connectivity index (χ0) is 13.0. The third kappa shape index (κ3) is 3.31. The Labute approximate surface area is 100 Å². The van der Waals surface area contributed by atoms with Crippen molar-refractivity contribution in [3.8, 4) is 5.75 Å². The van der Waals surface area contributed by atoms with Crippen LogP contribution in [0.4, 0.5) is 0 Å². The molecule has 0 saturated heterocycles. The fourth-order valence-electron chi connectivity index (χ4n) is 1.59. The molecule has 0 aromatic heterocycles. The highest BCUT2D eigenvalue weighted by atomic mass is 16.5. The fraction of sp³-hybridized carbons (Fsp3) is 0.385. The van der Waals surface area contributed by atoms with Gasteiger partial charge in [0.2, 0.25) is 0 Å². The number of carbonyl (C=O) groups is 2. The first-order valence-corrected chi connectivity index (χ1v) is 5.36. The molecule has 0 bridgehead atoms. The Morgan fingerprint density at radius 1 is 1.35 bits per heavy atom. The van der Waals surface area contributed by atoms with E-state index < -0.39 is 5.97 Å². The van der Waals surface area contributed by atoms with E-state index in [4.69, 9.17) is 0 Å². The number of Topliss-reactive ketones (excluding diaryl/α,β-unsaturated/α-hetero) is 1. The molecular weight excluding hydrogens is 220 g/mol. The van der Waals surface area contributed by atoms with Crippen molar-refractivity contribution in [1.29, 1.82) is 0 Å². The molecule has 0 radical (unpaired) electrons. The van der Waals surface area contributed by atoms with Gasteiger partial charge >= 0.3 is 5.97 Å². The summed E-state index contributed by atoms with van der Waals surface area (Å²) in [4.78, 5) is 22.3. The van der Waals surface area contributed by atoms with Crippen molar-refractivity contribution < 1.29 is 19.4 Å². The number of carbonyl (C=O) groups excluding carboxylic acids is 2. The number of hydrogen-bond donors (Lipinski definition) is 1. The maximum Gasteiger partial charge on any atom is 0.341 e. The average Bonchev–Trinajstić information content (AvgIpc) is 2.26. The van der Waals surface area contributed by atoms with Crippen LogP contribution in [0.5, 0.6) is 5.75 Å². The minimum absolute atomic E-state index is 0.0945. The molecule has 92 valence electrons. The second-order valence-electron chi connectivity index (χ2n) is 3.99. The van der Waals surface area contributed by atoms with Crippen molar-refractivity contribution in [3.05, 3.63) is 28.8 Å². The van der Waals surface area contributed by atoms with Crippen LogP contribution in [-0.2, 0) is 16.0 Å². The van der Waals surface area contributed by atoms with Gasteiger partial charge in [-0.05, 0) is 43.5 Å². The van der Waals surface area contributed by atoms with Crippen LogP contribution in [0.1, 0.15) is 34.8 Å². The summed E-state index contributed by atoms with van der Waals surface area (Å²) in [6, 6.07) is 3.10. The maximum atomic E-state index is 11.4. The van der Waals surface area contributed by atoms with Crippen LogP contribution in [0, 0.1) is 6.92 Å². The predicted molar refractivity (Wildman–Crippen MR) is 63.2 cm³/mol. The number of esters is 1. The van der Waals surface area contributed by atoms with Gasteiger partial charge in [-0.3, -0.25) is 0 Å². The molecule has 0 aliphatic heterocycles. The summed E-state index contributed by atoms with van der Waals surface area (Å²) < 4.78 is 4.57. The Bertz CT molecular complexity index is 449. The first-order valence-electron chi connectivity index (χ1n) is 5.36. The molecular formula is C13H16O4. The number of phenols is 1. The molecule has 0 fully saturated rings. The summed E-state index contributed by atoms with van der Waals surface area (Å²) in [6.07, 6.45) is 0.984. The Morgan fingerprint density at radius 3 is 2.53 bits per heavy atom. The number of phenolic OH excluding ortho intramolecular Hbond substituents is 1. The summed E-state index contributed by atoms with van der Waals surface area (Å²) in [6.45, 7) is 3.35. The van der Waals surface area contributed by atoms with Gasteiger partial charge in [0.05, 0.1) is 7.11 Å². The van der Waals surface area contributed by atoms with Crippen LogP contribution >= 0.6 is 0 Å². The van der Waals surface area contributed by atoms with E-state index in [1.165, 1.54) is 20.1 Å². The van der Waals surface area contributed by atoms with Crippen LogP contribution in [0.25, 0.3) is 0 Å². The summed E-state index contributed by atoms with van der Waals surface area (Å²) in [7, 11) is 1.26. The lowest BCUT2D eigenvalue weighted by Crippen LogP contribution is -2.04. The van der Waals surface area contributed by atoms with Crippen LogP contribution in [-0.4, -0.2) is 24.0 Å². The lowest BCUT2D eigenvalue weighted by molar-refractivity contribution is -0.116. The van der Waals surface area contributed by atoms with Crippen LogP contribution in [0.3, 0.4) is 0 Å². The van der Waals surface area contributed by atoms with Gasteiger partial charge in [-0.15, -0.1) is 0 Å². The number of benzene rings is 1. The van der Waals surface area contributed by atoms with Gasteiger partial charge in [-0.1, -0.05) is 0 Å². The Kier molecular flexibility index (Phi) is 4.26. The van der Waals surface area contributed by atoms with Crippen molar-refractivity contribution in [2.24, 2.45) is 0 Å². The molecule has 4 nitrogen and oxygen atoms in total. The normalized spacial score (nSPS) is 10.1. The lowest BCUT2D eigenvalue weighted by atomic mass is 9.99. The molecule has 0 spiro atoms. The zero-order valence-corrected chi connectivity index (χ0v) is 10.2. The molecule has 0 heterocycles. The number of ketones is 1. The van der Waals surface area contributed by atoms with E-state index in [0.29, 0.717) is 12.8 Å². The highest BCUT2D eigenvalue weighted by Gasteiger charge is 2.14. The van der Waals surface area contributed by atoms with E-state index in [2.05, 4.69) is 4.74 Å². The van der Waals surface area contributed by atoms with E-state index in [-0.39, 0.29) is 17.1 Å². The van der Waals surface area contributed by atoms with Gasteiger partial charge in [0.15, 0.2) is 0 Å². The van der Waals surface area contributed by atoms with E-state index in [0.717, 1.165) is 11.1 Å². The average molecular weight is 236 g/mol. The topological polar surface area (TPSA) is 63.6 Å². The van der Waals surface area contributed by atoms with Gasteiger partial charge in [-0.2, -0.15) is 0 Å². The Hall–Kier alpha value is -1.84. The third-order valence-corrected chi connectivity index (χ3v) is 2.61. The number of hydrogen-bond acceptors (Lipinski definition) is 4. The van der Waals surface area contributed by atoms with Crippen LogP contribution < -0.4 is 0 Å². The van der Waals surface area contributed by atoms with Crippen molar-refractivity contribution >= 4 is 11.8 Å². The number of methoxy groups -OCH3 is 1. The molecule has 1 rings (SSSR count). The molecule has 0 atom stereocenters.